The molecule has 1 aliphatic heterocycles. The molecule has 0 radical (unpaired) electrons. The van der Waals surface area contributed by atoms with Gasteiger partial charge in [-0.1, -0.05) is 6.92 Å². The molecule has 0 amide bonds. The fraction of sp³-hybridized carbons (Fsp3) is 0.600. The van der Waals surface area contributed by atoms with Gasteiger partial charge < -0.3 is 15.2 Å². The van der Waals surface area contributed by atoms with Gasteiger partial charge in [0, 0.05) is 0 Å². The van der Waals surface area contributed by atoms with E-state index < -0.39 is 11.9 Å². The fourth-order valence-corrected chi connectivity index (χ4v) is 1.61. The Morgan fingerprint density at radius 1 is 1.56 bits per heavy atom. The minimum absolute atomic E-state index is 0.126. The molecule has 1 aliphatic rings. The lowest BCUT2D eigenvalue weighted by Gasteiger charge is -2.15. The van der Waals surface area contributed by atoms with Gasteiger partial charge in [0.05, 0.1) is 31.1 Å². The zero-order valence-corrected chi connectivity index (χ0v) is 8.98. The second kappa shape index (κ2) is 4.71. The van der Waals surface area contributed by atoms with E-state index >= 15 is 0 Å². The van der Waals surface area contributed by atoms with Crippen molar-refractivity contribution in [2.75, 3.05) is 18.5 Å². The molecule has 0 saturated carbocycles. The van der Waals surface area contributed by atoms with E-state index in [0.29, 0.717) is 18.7 Å². The summed E-state index contributed by atoms with van der Waals surface area (Å²) in [5.41, 5.74) is 0.367. The molecule has 1 aromatic rings. The standard InChI is InChI=1S/C10H14FN3O2/c1-2-6-9(11)10(13-5-12-6)14-7-3-16-4-8(7)15/h5,7-8,15H,2-4H2,1H3,(H,12,13,14)/t7-,8+/m0/s1. The second-order valence-corrected chi connectivity index (χ2v) is 3.69. The van der Waals surface area contributed by atoms with Crippen molar-refractivity contribution < 1.29 is 14.2 Å². The predicted molar refractivity (Wildman–Crippen MR) is 55.6 cm³/mol. The SMILES string of the molecule is CCc1ncnc(N[C@H]2COC[C@H]2O)c1F. The largest absolute Gasteiger partial charge is 0.388 e. The number of aliphatic hydroxyl groups excluding tert-OH is 1. The van der Waals surface area contributed by atoms with Crippen LogP contribution in [-0.4, -0.2) is 40.4 Å². The lowest BCUT2D eigenvalue weighted by Crippen LogP contribution is -2.32. The van der Waals surface area contributed by atoms with Crippen LogP contribution >= 0.6 is 0 Å². The second-order valence-electron chi connectivity index (χ2n) is 3.69. The molecule has 2 N–H and O–H groups in total. The van der Waals surface area contributed by atoms with Crippen molar-refractivity contribution in [3.8, 4) is 0 Å². The normalized spacial score (nSPS) is 24.7. The van der Waals surface area contributed by atoms with Crippen LogP contribution < -0.4 is 5.32 Å². The van der Waals surface area contributed by atoms with E-state index in [-0.39, 0.29) is 18.5 Å². The summed E-state index contributed by atoms with van der Waals surface area (Å²) in [5.74, 6) is -0.328. The average molecular weight is 227 g/mol. The first-order valence-corrected chi connectivity index (χ1v) is 5.24. The van der Waals surface area contributed by atoms with E-state index in [1.807, 2.05) is 6.92 Å². The summed E-state index contributed by atoms with van der Waals surface area (Å²) >= 11 is 0. The maximum Gasteiger partial charge on any atom is 0.186 e. The lowest BCUT2D eigenvalue weighted by atomic mass is 10.2. The third-order valence-electron chi connectivity index (χ3n) is 2.57. The van der Waals surface area contributed by atoms with Gasteiger partial charge in [0.1, 0.15) is 6.33 Å². The molecule has 0 unspecified atom stereocenters. The van der Waals surface area contributed by atoms with E-state index in [4.69, 9.17) is 4.74 Å². The maximum absolute atomic E-state index is 13.7. The van der Waals surface area contributed by atoms with Crippen molar-refractivity contribution in [1.29, 1.82) is 0 Å². The number of aliphatic hydroxyl groups is 1. The predicted octanol–water partition coefficient (Wildman–Crippen LogP) is 0.350. The number of hydrogen-bond donors (Lipinski definition) is 2. The highest BCUT2D eigenvalue weighted by atomic mass is 19.1. The third-order valence-corrected chi connectivity index (χ3v) is 2.57. The van der Waals surface area contributed by atoms with Crippen molar-refractivity contribution in [2.45, 2.75) is 25.5 Å². The van der Waals surface area contributed by atoms with Crippen molar-refractivity contribution in [2.24, 2.45) is 0 Å². The average Bonchev–Trinajstić information content (AvgIpc) is 2.68. The summed E-state index contributed by atoms with van der Waals surface area (Å²) in [5, 5.41) is 12.3. The van der Waals surface area contributed by atoms with Crippen molar-refractivity contribution in [1.82, 2.24) is 9.97 Å². The van der Waals surface area contributed by atoms with Crippen LogP contribution in [0, 0.1) is 5.82 Å². The topological polar surface area (TPSA) is 67.3 Å². The van der Waals surface area contributed by atoms with Crippen LogP contribution in [-0.2, 0) is 11.2 Å². The van der Waals surface area contributed by atoms with E-state index in [1.165, 1.54) is 6.33 Å². The number of ether oxygens (including phenoxy) is 1. The number of hydrogen-bond acceptors (Lipinski definition) is 5. The summed E-state index contributed by atoms with van der Waals surface area (Å²) in [6.45, 7) is 2.44. The van der Waals surface area contributed by atoms with Crippen molar-refractivity contribution >= 4 is 5.82 Å². The Hall–Kier alpha value is -1.27. The molecule has 2 heterocycles. The monoisotopic (exact) mass is 227 g/mol. The van der Waals surface area contributed by atoms with Crippen LogP contribution in [0.15, 0.2) is 6.33 Å². The Morgan fingerprint density at radius 3 is 3.00 bits per heavy atom. The highest BCUT2D eigenvalue weighted by Crippen LogP contribution is 2.17. The van der Waals surface area contributed by atoms with Crippen LogP contribution in [0.4, 0.5) is 10.2 Å². The van der Waals surface area contributed by atoms with Gasteiger partial charge in [-0.2, -0.15) is 0 Å². The fourth-order valence-electron chi connectivity index (χ4n) is 1.61. The van der Waals surface area contributed by atoms with Gasteiger partial charge in [-0.3, -0.25) is 0 Å². The van der Waals surface area contributed by atoms with Gasteiger partial charge in [-0.05, 0) is 6.42 Å². The van der Waals surface area contributed by atoms with Crippen LogP contribution in [0.2, 0.25) is 0 Å². The molecule has 5 nitrogen and oxygen atoms in total. The molecule has 1 saturated heterocycles. The molecule has 0 spiro atoms. The minimum Gasteiger partial charge on any atom is -0.388 e. The van der Waals surface area contributed by atoms with Gasteiger partial charge in [0.15, 0.2) is 11.6 Å². The summed E-state index contributed by atoms with van der Waals surface area (Å²) in [6, 6.07) is -0.311. The quantitative estimate of drug-likeness (QED) is 0.780. The first kappa shape index (κ1) is 11.2. The molecule has 1 fully saturated rings. The molecule has 0 bridgehead atoms. The Bertz CT molecular complexity index is 375. The summed E-state index contributed by atoms with van der Waals surface area (Å²) in [4.78, 5) is 7.65. The molecular weight excluding hydrogens is 213 g/mol. The molecule has 0 aliphatic carbocycles. The number of halogens is 1. The first-order valence-electron chi connectivity index (χ1n) is 5.24. The summed E-state index contributed by atoms with van der Waals surface area (Å²) in [7, 11) is 0. The lowest BCUT2D eigenvalue weighted by molar-refractivity contribution is 0.125. The molecule has 16 heavy (non-hydrogen) atoms. The number of anilines is 1. The molecule has 2 rings (SSSR count). The molecule has 1 aromatic heterocycles. The van der Waals surface area contributed by atoms with Crippen LogP contribution in [0.5, 0.6) is 0 Å². The Balaban J connectivity index is 2.14. The third kappa shape index (κ3) is 2.12. The number of nitrogens with zero attached hydrogens (tertiary/aromatic N) is 2. The van der Waals surface area contributed by atoms with E-state index in [1.54, 1.807) is 0 Å². The van der Waals surface area contributed by atoms with Gasteiger partial charge in [-0.15, -0.1) is 0 Å². The van der Waals surface area contributed by atoms with Gasteiger partial charge in [0.25, 0.3) is 0 Å². The maximum atomic E-state index is 13.7. The van der Waals surface area contributed by atoms with E-state index in [9.17, 15) is 9.50 Å². The van der Waals surface area contributed by atoms with E-state index in [0.717, 1.165) is 0 Å². The molecule has 88 valence electrons. The molecule has 0 aromatic carbocycles. The summed E-state index contributed by atoms with van der Waals surface area (Å²) < 4.78 is 18.8. The van der Waals surface area contributed by atoms with Crippen molar-refractivity contribution in [3.05, 3.63) is 17.8 Å². The Morgan fingerprint density at radius 2 is 2.38 bits per heavy atom. The highest BCUT2D eigenvalue weighted by molar-refractivity contribution is 5.39. The number of aryl methyl sites for hydroxylation is 1. The Kier molecular flexibility index (Phi) is 3.31. The van der Waals surface area contributed by atoms with E-state index in [2.05, 4.69) is 15.3 Å². The van der Waals surface area contributed by atoms with Crippen LogP contribution in [0.1, 0.15) is 12.6 Å². The van der Waals surface area contributed by atoms with Gasteiger partial charge >= 0.3 is 0 Å². The van der Waals surface area contributed by atoms with Crippen molar-refractivity contribution in [3.63, 3.8) is 0 Å². The zero-order valence-electron chi connectivity index (χ0n) is 8.98. The number of nitrogens with one attached hydrogen (secondary N) is 1. The first-order chi connectivity index (χ1) is 7.72. The Labute approximate surface area is 92.7 Å². The van der Waals surface area contributed by atoms with Gasteiger partial charge in [-0.25, -0.2) is 14.4 Å². The zero-order chi connectivity index (χ0) is 11.5. The molecule has 2 atom stereocenters. The highest BCUT2D eigenvalue weighted by Gasteiger charge is 2.27. The van der Waals surface area contributed by atoms with Gasteiger partial charge in [0.2, 0.25) is 0 Å². The smallest absolute Gasteiger partial charge is 0.186 e. The number of rotatable bonds is 3. The van der Waals surface area contributed by atoms with Crippen LogP contribution in [0.3, 0.4) is 0 Å². The van der Waals surface area contributed by atoms with Crippen LogP contribution in [0.25, 0.3) is 0 Å². The minimum atomic E-state index is -0.626. The molecule has 6 heteroatoms. The summed E-state index contributed by atoms with van der Waals surface area (Å²) in [6.07, 6.45) is 1.19. The number of aromatic nitrogens is 2. The molecular formula is C10H14FN3O2.